The van der Waals surface area contributed by atoms with Crippen LogP contribution in [0.4, 0.5) is 5.82 Å². The molecule has 6 nitrogen and oxygen atoms in total. The first-order chi connectivity index (χ1) is 14.2. The van der Waals surface area contributed by atoms with Crippen LogP contribution < -0.4 is 10.2 Å². The predicted molar refractivity (Wildman–Crippen MR) is 116 cm³/mol. The van der Waals surface area contributed by atoms with Crippen LogP contribution in [0, 0.1) is 0 Å². The summed E-state index contributed by atoms with van der Waals surface area (Å²) in [5.74, 6) is 0.856. The highest BCUT2D eigenvalue weighted by atomic mass is 16.1. The molecule has 0 aliphatic carbocycles. The van der Waals surface area contributed by atoms with Crippen molar-refractivity contribution in [1.82, 2.24) is 20.1 Å². The summed E-state index contributed by atoms with van der Waals surface area (Å²) in [6, 6.07) is 14.2. The zero-order chi connectivity index (χ0) is 20.6. The molecule has 29 heavy (non-hydrogen) atoms. The normalized spacial score (nSPS) is 10.7. The number of anilines is 1. The number of aromatic nitrogens is 3. The summed E-state index contributed by atoms with van der Waals surface area (Å²) >= 11 is 0. The molecule has 0 spiro atoms. The van der Waals surface area contributed by atoms with E-state index in [0.29, 0.717) is 18.7 Å². The summed E-state index contributed by atoms with van der Waals surface area (Å²) in [5.41, 5.74) is 3.72. The third-order valence-electron chi connectivity index (χ3n) is 5.05. The Labute approximate surface area is 172 Å². The van der Waals surface area contributed by atoms with Crippen LogP contribution in [-0.2, 0) is 19.5 Å². The summed E-state index contributed by atoms with van der Waals surface area (Å²) in [5, 5.41) is 7.44. The van der Waals surface area contributed by atoms with Crippen molar-refractivity contribution in [3.63, 3.8) is 0 Å². The summed E-state index contributed by atoms with van der Waals surface area (Å²) in [7, 11) is 0. The fraction of sp³-hybridized carbons (Fsp3) is 0.348. The second-order valence-corrected chi connectivity index (χ2v) is 6.88. The summed E-state index contributed by atoms with van der Waals surface area (Å²) < 4.78 is 1.91. The molecule has 0 saturated heterocycles. The Balaban J connectivity index is 1.65. The van der Waals surface area contributed by atoms with Crippen molar-refractivity contribution in [3.05, 3.63) is 77.2 Å². The van der Waals surface area contributed by atoms with Gasteiger partial charge in [-0.3, -0.25) is 9.48 Å². The Kier molecular flexibility index (Phi) is 7.00. The molecule has 3 rings (SSSR count). The molecule has 2 aromatic heterocycles. The second kappa shape index (κ2) is 9.87. The largest absolute Gasteiger partial charge is 0.357 e. The summed E-state index contributed by atoms with van der Waals surface area (Å²) in [6.07, 6.45) is 4.24. The maximum absolute atomic E-state index is 12.7. The molecule has 0 fully saturated rings. The van der Waals surface area contributed by atoms with Crippen molar-refractivity contribution in [2.45, 2.75) is 40.3 Å². The molecular weight excluding hydrogens is 362 g/mol. The SMILES string of the molecule is CCc1c(C(=O)NCc2ccc(N(CC)CC)nc2)cnn1Cc1ccccc1. The van der Waals surface area contributed by atoms with Gasteiger partial charge in [0, 0.05) is 25.8 Å². The van der Waals surface area contributed by atoms with E-state index in [9.17, 15) is 4.79 Å². The van der Waals surface area contributed by atoms with E-state index in [1.165, 1.54) is 0 Å². The van der Waals surface area contributed by atoms with Gasteiger partial charge in [-0.1, -0.05) is 43.3 Å². The number of nitrogens with zero attached hydrogens (tertiary/aromatic N) is 4. The zero-order valence-electron chi connectivity index (χ0n) is 17.4. The van der Waals surface area contributed by atoms with Crippen LogP contribution in [0.25, 0.3) is 0 Å². The first kappa shape index (κ1) is 20.6. The van der Waals surface area contributed by atoms with Crippen molar-refractivity contribution in [1.29, 1.82) is 0 Å². The molecule has 0 aliphatic rings. The number of carbonyl (C=O) groups is 1. The lowest BCUT2D eigenvalue weighted by molar-refractivity contribution is 0.0950. The van der Waals surface area contributed by atoms with E-state index in [1.807, 2.05) is 48.1 Å². The van der Waals surface area contributed by atoms with Gasteiger partial charge in [0.25, 0.3) is 5.91 Å². The lowest BCUT2D eigenvalue weighted by atomic mass is 10.1. The monoisotopic (exact) mass is 391 g/mol. The number of hydrogen-bond acceptors (Lipinski definition) is 4. The summed E-state index contributed by atoms with van der Waals surface area (Å²) in [6.45, 7) is 9.22. The molecule has 0 radical (unpaired) electrons. The lowest BCUT2D eigenvalue weighted by Crippen LogP contribution is -2.25. The lowest BCUT2D eigenvalue weighted by Gasteiger charge is -2.19. The van der Waals surface area contributed by atoms with Crippen LogP contribution >= 0.6 is 0 Å². The van der Waals surface area contributed by atoms with Crippen LogP contribution in [0.3, 0.4) is 0 Å². The van der Waals surface area contributed by atoms with Crippen molar-refractivity contribution in [2.24, 2.45) is 0 Å². The first-order valence-electron chi connectivity index (χ1n) is 10.2. The molecule has 0 unspecified atom stereocenters. The van der Waals surface area contributed by atoms with Crippen molar-refractivity contribution in [3.8, 4) is 0 Å². The highest BCUT2D eigenvalue weighted by Crippen LogP contribution is 2.14. The van der Waals surface area contributed by atoms with Crippen molar-refractivity contribution >= 4 is 11.7 Å². The maximum atomic E-state index is 12.7. The van der Waals surface area contributed by atoms with Crippen LogP contribution in [-0.4, -0.2) is 33.8 Å². The Morgan fingerprint density at radius 3 is 2.38 bits per heavy atom. The highest BCUT2D eigenvalue weighted by Gasteiger charge is 2.16. The Hall–Kier alpha value is -3.15. The average molecular weight is 392 g/mol. The minimum absolute atomic E-state index is 0.103. The number of amides is 1. The Morgan fingerprint density at radius 1 is 1.00 bits per heavy atom. The molecule has 6 heteroatoms. The van der Waals surface area contributed by atoms with E-state index in [-0.39, 0.29) is 5.91 Å². The van der Waals surface area contributed by atoms with Crippen LogP contribution in [0.1, 0.15) is 48.0 Å². The number of hydrogen-bond donors (Lipinski definition) is 1. The van der Waals surface area contributed by atoms with Gasteiger partial charge in [-0.2, -0.15) is 5.10 Å². The summed E-state index contributed by atoms with van der Waals surface area (Å²) in [4.78, 5) is 19.4. The van der Waals surface area contributed by atoms with Gasteiger partial charge in [-0.15, -0.1) is 0 Å². The molecule has 0 saturated carbocycles. The van der Waals surface area contributed by atoms with Gasteiger partial charge in [-0.05, 0) is 37.5 Å². The Bertz CT molecular complexity index is 914. The molecule has 1 aromatic carbocycles. The molecule has 3 aromatic rings. The number of pyridine rings is 1. The minimum atomic E-state index is -0.103. The van der Waals surface area contributed by atoms with Gasteiger partial charge < -0.3 is 10.2 Å². The fourth-order valence-corrected chi connectivity index (χ4v) is 3.40. The van der Waals surface area contributed by atoms with Gasteiger partial charge in [0.15, 0.2) is 0 Å². The van der Waals surface area contributed by atoms with Gasteiger partial charge in [-0.25, -0.2) is 4.98 Å². The minimum Gasteiger partial charge on any atom is -0.357 e. The average Bonchev–Trinajstić information content (AvgIpc) is 3.17. The topological polar surface area (TPSA) is 63.1 Å². The number of nitrogens with one attached hydrogen (secondary N) is 1. The van der Waals surface area contributed by atoms with E-state index in [0.717, 1.165) is 42.1 Å². The quantitative estimate of drug-likeness (QED) is 0.605. The third-order valence-corrected chi connectivity index (χ3v) is 5.05. The van der Waals surface area contributed by atoms with E-state index < -0.39 is 0 Å². The van der Waals surface area contributed by atoms with Crippen molar-refractivity contribution in [2.75, 3.05) is 18.0 Å². The number of rotatable bonds is 9. The van der Waals surface area contributed by atoms with Gasteiger partial charge in [0.2, 0.25) is 0 Å². The van der Waals surface area contributed by atoms with E-state index in [4.69, 9.17) is 0 Å². The van der Waals surface area contributed by atoms with E-state index in [2.05, 4.69) is 46.3 Å². The standard InChI is InChI=1S/C23H29N5O/c1-4-21-20(16-26-28(21)17-18-10-8-7-9-11-18)23(29)25-15-19-12-13-22(24-14-19)27(5-2)6-3/h7-14,16H,4-6,15,17H2,1-3H3,(H,25,29). The van der Waals surface area contributed by atoms with Crippen molar-refractivity contribution < 1.29 is 4.79 Å². The Morgan fingerprint density at radius 2 is 1.76 bits per heavy atom. The van der Waals surface area contributed by atoms with E-state index >= 15 is 0 Å². The number of carbonyl (C=O) groups excluding carboxylic acids is 1. The number of benzene rings is 1. The fourth-order valence-electron chi connectivity index (χ4n) is 3.40. The molecule has 152 valence electrons. The molecule has 0 aliphatic heterocycles. The second-order valence-electron chi connectivity index (χ2n) is 6.88. The molecule has 0 atom stereocenters. The van der Waals surface area contributed by atoms with Gasteiger partial charge in [0.05, 0.1) is 24.0 Å². The molecule has 1 amide bonds. The molecule has 2 heterocycles. The van der Waals surface area contributed by atoms with Gasteiger partial charge in [0.1, 0.15) is 5.82 Å². The zero-order valence-corrected chi connectivity index (χ0v) is 17.4. The predicted octanol–water partition coefficient (Wildman–Crippen LogP) is 3.67. The van der Waals surface area contributed by atoms with Crippen LogP contribution in [0.5, 0.6) is 0 Å². The maximum Gasteiger partial charge on any atom is 0.255 e. The molecular formula is C23H29N5O. The van der Waals surface area contributed by atoms with Crippen LogP contribution in [0.15, 0.2) is 54.9 Å². The van der Waals surface area contributed by atoms with Crippen LogP contribution in [0.2, 0.25) is 0 Å². The molecule has 0 bridgehead atoms. The highest BCUT2D eigenvalue weighted by molar-refractivity contribution is 5.95. The van der Waals surface area contributed by atoms with E-state index in [1.54, 1.807) is 6.20 Å². The third kappa shape index (κ3) is 5.02. The first-order valence-corrected chi connectivity index (χ1v) is 10.2. The van der Waals surface area contributed by atoms with Gasteiger partial charge >= 0.3 is 0 Å². The smallest absolute Gasteiger partial charge is 0.255 e. The molecule has 1 N–H and O–H groups in total.